The second kappa shape index (κ2) is 48.3. The third kappa shape index (κ3) is 45.7. The van der Waals surface area contributed by atoms with Crippen molar-refractivity contribution in [3.63, 3.8) is 0 Å². The molecule has 0 aromatic carbocycles. The molecule has 0 saturated carbocycles. The van der Waals surface area contributed by atoms with Crippen molar-refractivity contribution in [3.8, 4) is 0 Å². The highest BCUT2D eigenvalue weighted by Gasteiger charge is 2.19. The Morgan fingerprint density at radius 1 is 0.350 bits per heavy atom. The number of allylic oxidation sites excluding steroid dienone is 14. The molecular weight excluding hydrogens is 745 g/mol. The lowest BCUT2D eigenvalue weighted by Crippen LogP contribution is -2.30. The minimum atomic E-state index is -0.777. The highest BCUT2D eigenvalue weighted by molar-refractivity contribution is 5.71. The summed E-state index contributed by atoms with van der Waals surface area (Å²) in [7, 11) is 0. The first-order chi connectivity index (χ1) is 29.5. The summed E-state index contributed by atoms with van der Waals surface area (Å²) >= 11 is 0. The maximum Gasteiger partial charge on any atom is 0.306 e. The van der Waals surface area contributed by atoms with Gasteiger partial charge in [-0.15, -0.1) is 0 Å². The number of carbonyl (C=O) groups is 3. The quantitative estimate of drug-likeness (QED) is 0.0263. The molecule has 0 aromatic rings. The predicted octanol–water partition coefficient (Wildman–Crippen LogP) is 16.0. The number of esters is 3. The molecule has 0 aliphatic rings. The van der Waals surface area contributed by atoms with Crippen LogP contribution in [0.2, 0.25) is 0 Å². The lowest BCUT2D eigenvalue weighted by molar-refractivity contribution is -0.167. The smallest absolute Gasteiger partial charge is 0.306 e. The van der Waals surface area contributed by atoms with Crippen LogP contribution in [-0.4, -0.2) is 37.2 Å². The van der Waals surface area contributed by atoms with Crippen molar-refractivity contribution in [2.45, 2.75) is 226 Å². The molecule has 0 aliphatic carbocycles. The molecule has 0 rings (SSSR count). The summed E-state index contributed by atoms with van der Waals surface area (Å²) in [5.41, 5.74) is 0. The molecular formula is C54H90O6. The van der Waals surface area contributed by atoms with Gasteiger partial charge in [-0.05, 0) is 77.0 Å². The van der Waals surface area contributed by atoms with Crippen LogP contribution in [0.1, 0.15) is 220 Å². The van der Waals surface area contributed by atoms with Gasteiger partial charge in [-0.25, -0.2) is 0 Å². The third-order valence-electron chi connectivity index (χ3n) is 10.2. The van der Waals surface area contributed by atoms with Gasteiger partial charge in [0.05, 0.1) is 0 Å². The van der Waals surface area contributed by atoms with E-state index in [1.165, 1.54) is 57.8 Å². The molecule has 0 heterocycles. The number of rotatable bonds is 43. The van der Waals surface area contributed by atoms with E-state index in [4.69, 9.17) is 14.2 Å². The van der Waals surface area contributed by atoms with Crippen LogP contribution in [0, 0.1) is 0 Å². The Bertz CT molecular complexity index is 1190. The first-order valence-electron chi connectivity index (χ1n) is 24.6. The number of hydrogen-bond donors (Lipinski definition) is 0. The van der Waals surface area contributed by atoms with Crippen LogP contribution in [0.25, 0.3) is 0 Å². The number of unbranched alkanes of at least 4 members (excludes halogenated alkanes) is 18. The Morgan fingerprint density at radius 3 is 1.02 bits per heavy atom. The van der Waals surface area contributed by atoms with Gasteiger partial charge in [-0.2, -0.15) is 0 Å². The monoisotopic (exact) mass is 835 g/mol. The first-order valence-corrected chi connectivity index (χ1v) is 24.6. The van der Waals surface area contributed by atoms with Gasteiger partial charge in [0.15, 0.2) is 6.10 Å². The molecule has 0 radical (unpaired) electrons. The van der Waals surface area contributed by atoms with E-state index in [0.717, 1.165) is 122 Å². The molecule has 1 unspecified atom stereocenters. The molecule has 1 atom stereocenters. The Balaban J connectivity index is 4.16. The average Bonchev–Trinajstić information content (AvgIpc) is 3.24. The topological polar surface area (TPSA) is 78.9 Å². The van der Waals surface area contributed by atoms with Crippen molar-refractivity contribution >= 4 is 17.9 Å². The second-order valence-electron chi connectivity index (χ2n) is 16.0. The lowest BCUT2D eigenvalue weighted by Gasteiger charge is -2.18. The molecule has 0 saturated heterocycles. The SMILES string of the molecule is CC/C=C\C/C=C\C/C=C\C/C=C\C/C=C\C/C=C\C/C=C\CCCCCCCC(=O)OCC(COC(=O)CCCCCCCC)OC(=O)CCCCCCCCCCC. The summed E-state index contributed by atoms with van der Waals surface area (Å²) in [5.74, 6) is -0.919. The Hall–Kier alpha value is -3.41. The fraction of sp³-hybridized carbons (Fsp3) is 0.685. The largest absolute Gasteiger partial charge is 0.462 e. The van der Waals surface area contributed by atoms with Crippen molar-refractivity contribution in [2.24, 2.45) is 0 Å². The molecule has 6 nitrogen and oxygen atoms in total. The van der Waals surface area contributed by atoms with Gasteiger partial charge in [0.2, 0.25) is 0 Å². The van der Waals surface area contributed by atoms with Crippen molar-refractivity contribution in [1.29, 1.82) is 0 Å². The second-order valence-corrected chi connectivity index (χ2v) is 16.0. The van der Waals surface area contributed by atoms with Crippen LogP contribution in [0.5, 0.6) is 0 Å². The normalized spacial score (nSPS) is 12.8. The van der Waals surface area contributed by atoms with E-state index < -0.39 is 6.10 Å². The van der Waals surface area contributed by atoms with Crippen molar-refractivity contribution in [3.05, 3.63) is 85.1 Å². The highest BCUT2D eigenvalue weighted by atomic mass is 16.6. The number of carbonyl (C=O) groups excluding carboxylic acids is 3. The summed E-state index contributed by atoms with van der Waals surface area (Å²) in [6.07, 6.45) is 61.7. The van der Waals surface area contributed by atoms with E-state index in [1.54, 1.807) is 0 Å². The lowest BCUT2D eigenvalue weighted by atomic mass is 10.1. The van der Waals surface area contributed by atoms with E-state index in [0.29, 0.717) is 19.3 Å². The van der Waals surface area contributed by atoms with Gasteiger partial charge in [-0.1, -0.05) is 209 Å². The van der Waals surface area contributed by atoms with Crippen molar-refractivity contribution in [1.82, 2.24) is 0 Å². The van der Waals surface area contributed by atoms with Gasteiger partial charge in [0.25, 0.3) is 0 Å². The van der Waals surface area contributed by atoms with E-state index in [2.05, 4.69) is 106 Å². The van der Waals surface area contributed by atoms with Crippen LogP contribution in [0.3, 0.4) is 0 Å². The molecule has 342 valence electrons. The summed E-state index contributed by atoms with van der Waals surface area (Å²) in [4.78, 5) is 37.5. The summed E-state index contributed by atoms with van der Waals surface area (Å²) < 4.78 is 16.6. The van der Waals surface area contributed by atoms with Crippen LogP contribution in [-0.2, 0) is 28.6 Å². The molecule has 60 heavy (non-hydrogen) atoms. The fourth-order valence-electron chi connectivity index (χ4n) is 6.48. The zero-order valence-corrected chi connectivity index (χ0v) is 38.9. The number of hydrogen-bond acceptors (Lipinski definition) is 6. The van der Waals surface area contributed by atoms with E-state index in [-0.39, 0.29) is 31.1 Å². The molecule has 0 aromatic heterocycles. The third-order valence-corrected chi connectivity index (χ3v) is 10.2. The summed E-state index contributed by atoms with van der Waals surface area (Å²) in [6, 6.07) is 0. The molecule has 0 bridgehead atoms. The standard InChI is InChI=1S/C54H90O6/c1-4-7-10-13-16-18-19-20-21-22-23-24-25-26-27-28-29-30-31-32-33-34-35-37-38-41-44-47-53(56)59-50-51(49-58-52(55)46-43-40-15-12-9-6-3)60-54(57)48-45-42-39-36-17-14-11-8-5-2/h7,10,16,18,20-21,23-24,26-27,29-30,32-33,51H,4-6,8-9,11-15,17,19,22,25,28,31,34-50H2,1-3H3/b10-7-,18-16-,21-20-,24-23-,27-26-,30-29-,33-32-. The molecule has 0 aliphatic heterocycles. The average molecular weight is 835 g/mol. The Morgan fingerprint density at radius 2 is 0.650 bits per heavy atom. The van der Waals surface area contributed by atoms with E-state index in [1.807, 2.05) is 0 Å². The number of ether oxygens (including phenoxy) is 3. The van der Waals surface area contributed by atoms with Crippen molar-refractivity contribution < 1.29 is 28.6 Å². The highest BCUT2D eigenvalue weighted by Crippen LogP contribution is 2.13. The predicted molar refractivity (Wildman–Crippen MR) is 256 cm³/mol. The van der Waals surface area contributed by atoms with Crippen LogP contribution < -0.4 is 0 Å². The zero-order valence-electron chi connectivity index (χ0n) is 38.9. The fourth-order valence-corrected chi connectivity index (χ4v) is 6.48. The minimum absolute atomic E-state index is 0.0821. The molecule has 0 amide bonds. The molecule has 0 N–H and O–H groups in total. The van der Waals surface area contributed by atoms with Crippen LogP contribution in [0.15, 0.2) is 85.1 Å². The molecule has 0 fully saturated rings. The molecule has 0 spiro atoms. The first kappa shape index (κ1) is 56.6. The van der Waals surface area contributed by atoms with E-state index >= 15 is 0 Å². The maximum atomic E-state index is 12.6. The van der Waals surface area contributed by atoms with Gasteiger partial charge in [0, 0.05) is 19.3 Å². The van der Waals surface area contributed by atoms with Crippen LogP contribution >= 0.6 is 0 Å². The Labute approximate surface area is 369 Å². The van der Waals surface area contributed by atoms with E-state index in [9.17, 15) is 14.4 Å². The van der Waals surface area contributed by atoms with Crippen molar-refractivity contribution in [2.75, 3.05) is 13.2 Å². The van der Waals surface area contributed by atoms with Gasteiger partial charge >= 0.3 is 17.9 Å². The molecule has 6 heteroatoms. The van der Waals surface area contributed by atoms with Gasteiger partial charge in [-0.3, -0.25) is 14.4 Å². The van der Waals surface area contributed by atoms with Crippen LogP contribution in [0.4, 0.5) is 0 Å². The zero-order chi connectivity index (χ0) is 43.7. The summed E-state index contributed by atoms with van der Waals surface area (Å²) in [6.45, 7) is 6.41. The minimum Gasteiger partial charge on any atom is -0.462 e. The van der Waals surface area contributed by atoms with Gasteiger partial charge in [0.1, 0.15) is 13.2 Å². The van der Waals surface area contributed by atoms with Gasteiger partial charge < -0.3 is 14.2 Å². The maximum absolute atomic E-state index is 12.6. The Kier molecular flexibility index (Phi) is 45.5. The summed E-state index contributed by atoms with van der Waals surface area (Å²) in [5, 5.41) is 0.